The molecule has 20 heteroatoms. The van der Waals surface area contributed by atoms with Gasteiger partial charge in [0.05, 0.1) is 33.9 Å². The smallest absolute Gasteiger partial charge is 0.444 e. The summed E-state index contributed by atoms with van der Waals surface area (Å²) in [6.45, 7) is 10.1. The van der Waals surface area contributed by atoms with Crippen LogP contribution in [0.1, 0.15) is 65.8 Å². The van der Waals surface area contributed by atoms with Crippen LogP contribution in [0.3, 0.4) is 0 Å². The number of nitrogens with one attached hydrogen (secondary N) is 1. The van der Waals surface area contributed by atoms with Crippen molar-refractivity contribution in [3.8, 4) is 17.1 Å². The van der Waals surface area contributed by atoms with E-state index in [4.69, 9.17) is 14.0 Å². The number of ether oxygens (including phenoxy) is 3. The van der Waals surface area contributed by atoms with E-state index >= 15 is 4.39 Å². The number of alkyl carbamates (subject to hydrolysis) is 1. The number of nitrogens with zero attached hydrogens (tertiary/aromatic N) is 4. The average Bonchev–Trinajstić information content (AvgIpc) is 3.54. The lowest BCUT2D eigenvalue weighted by molar-refractivity contribution is -0.253. The highest BCUT2D eigenvalue weighted by atomic mass is 32.2. The first kappa shape index (κ1) is 40.6. The van der Waals surface area contributed by atoms with Gasteiger partial charge >= 0.3 is 24.7 Å². The highest BCUT2D eigenvalue weighted by molar-refractivity contribution is 7.91. The number of rotatable bonds is 8. The van der Waals surface area contributed by atoms with Crippen molar-refractivity contribution in [2.45, 2.75) is 101 Å². The highest BCUT2D eigenvalue weighted by Gasteiger charge is 2.56. The number of halogens is 5. The zero-order valence-electron chi connectivity index (χ0n) is 31.2. The lowest BCUT2D eigenvalue weighted by Crippen LogP contribution is -2.61. The molecule has 2 saturated heterocycles. The fourth-order valence-electron chi connectivity index (χ4n) is 6.93. The van der Waals surface area contributed by atoms with Crippen molar-refractivity contribution in [2.75, 3.05) is 23.7 Å². The average molecular weight is 814 g/mol. The number of hydrogen-bond donors (Lipinski definition) is 1. The molecule has 4 heterocycles. The van der Waals surface area contributed by atoms with Crippen LogP contribution in [0.4, 0.5) is 37.2 Å². The van der Waals surface area contributed by atoms with Gasteiger partial charge in [0.15, 0.2) is 9.84 Å². The Morgan fingerprint density at radius 1 is 1.04 bits per heavy atom. The van der Waals surface area contributed by atoms with Crippen molar-refractivity contribution in [3.63, 3.8) is 0 Å². The maximum atomic E-state index is 16.0. The third-order valence-electron chi connectivity index (χ3n) is 9.19. The Morgan fingerprint density at radius 3 is 2.29 bits per heavy atom. The predicted molar refractivity (Wildman–Crippen MR) is 186 cm³/mol. The summed E-state index contributed by atoms with van der Waals surface area (Å²) >= 11 is 0. The van der Waals surface area contributed by atoms with Gasteiger partial charge in [0, 0.05) is 13.1 Å². The number of aromatic nitrogens is 2. The summed E-state index contributed by atoms with van der Waals surface area (Å²) in [7, 11) is -4.54. The van der Waals surface area contributed by atoms with Gasteiger partial charge in [-0.2, -0.15) is 22.5 Å². The standard InChI is InChI=1S/C36H40F5N5O9S/c1-33(2,3)53-31(48)42-24-17-56(50,51)26-12-23(37)22(11-25(26)46(28(24)47)16-19-7-9-21(10-8-19)52-36(40,41)29(38)39)27-43-30(55-44-27)35-13-20(14-35)15-45(18-35)32(49)54-34(4,5)6/h7-12,20,24,29H,13-18H2,1-6H3,(H,42,48)/t20?,24-,35?/m0/s1. The van der Waals surface area contributed by atoms with Crippen LogP contribution >= 0.6 is 0 Å². The zero-order valence-corrected chi connectivity index (χ0v) is 32.0. The molecular weight excluding hydrogens is 773 g/mol. The number of anilines is 1. The molecule has 56 heavy (non-hydrogen) atoms. The Bertz CT molecular complexity index is 2130. The summed E-state index contributed by atoms with van der Waals surface area (Å²) in [5.41, 5.74) is -3.02. The van der Waals surface area contributed by atoms with Gasteiger partial charge < -0.3 is 33.9 Å². The molecule has 2 aromatic carbocycles. The molecular formula is C36H40F5N5O9S. The number of amides is 3. The molecule has 1 aliphatic carbocycles. The van der Waals surface area contributed by atoms with Crippen molar-refractivity contribution < 1.29 is 63.5 Å². The lowest BCUT2D eigenvalue weighted by atomic mass is 9.58. The quantitative estimate of drug-likeness (QED) is 0.256. The Morgan fingerprint density at radius 2 is 1.68 bits per heavy atom. The van der Waals surface area contributed by atoms with E-state index in [0.29, 0.717) is 25.5 Å². The van der Waals surface area contributed by atoms with E-state index in [1.807, 2.05) is 0 Å². The Balaban J connectivity index is 1.36. The summed E-state index contributed by atoms with van der Waals surface area (Å²) in [6.07, 6.45) is -9.32. The van der Waals surface area contributed by atoms with Gasteiger partial charge in [-0.3, -0.25) is 4.79 Å². The summed E-state index contributed by atoms with van der Waals surface area (Å²) in [5, 5.41) is 6.26. The van der Waals surface area contributed by atoms with E-state index in [1.54, 1.807) is 46.4 Å². The topological polar surface area (TPSA) is 170 Å². The number of fused-ring (bicyclic) bond motifs is 3. The van der Waals surface area contributed by atoms with E-state index in [1.165, 1.54) is 12.1 Å². The zero-order chi connectivity index (χ0) is 41.2. The second kappa shape index (κ2) is 14.2. The van der Waals surface area contributed by atoms with Crippen LogP contribution in [0.5, 0.6) is 5.75 Å². The van der Waals surface area contributed by atoms with Crippen molar-refractivity contribution in [3.05, 3.63) is 53.7 Å². The molecule has 0 unspecified atom stereocenters. The molecule has 1 atom stereocenters. The molecule has 2 bridgehead atoms. The first-order valence-corrected chi connectivity index (χ1v) is 19.1. The van der Waals surface area contributed by atoms with Gasteiger partial charge in [0.2, 0.25) is 11.7 Å². The molecule has 1 aromatic heterocycles. The minimum Gasteiger partial charge on any atom is -0.444 e. The predicted octanol–water partition coefficient (Wildman–Crippen LogP) is 6.22. The van der Waals surface area contributed by atoms with Crippen LogP contribution in [-0.2, 0) is 36.1 Å². The third kappa shape index (κ3) is 8.53. The normalized spacial score (nSPS) is 22.2. The Kier molecular flexibility index (Phi) is 10.3. The maximum Gasteiger partial charge on any atom is 0.461 e. The van der Waals surface area contributed by atoms with Gasteiger partial charge in [-0.25, -0.2) is 22.4 Å². The summed E-state index contributed by atoms with van der Waals surface area (Å²) in [4.78, 5) is 46.2. The minimum atomic E-state index is -4.79. The van der Waals surface area contributed by atoms with Crippen molar-refractivity contribution in [1.82, 2.24) is 20.4 Å². The third-order valence-corrected chi connectivity index (χ3v) is 11.0. The first-order chi connectivity index (χ1) is 25.8. The van der Waals surface area contributed by atoms with Crippen molar-refractivity contribution >= 4 is 33.6 Å². The van der Waals surface area contributed by atoms with Crippen molar-refractivity contribution in [1.29, 1.82) is 0 Å². The lowest BCUT2D eigenvalue weighted by Gasteiger charge is -2.53. The van der Waals surface area contributed by atoms with Crippen LogP contribution in [0.25, 0.3) is 11.4 Å². The fraction of sp³-hybridized carbons (Fsp3) is 0.528. The van der Waals surface area contributed by atoms with Crippen LogP contribution in [0, 0.1) is 11.7 Å². The summed E-state index contributed by atoms with van der Waals surface area (Å²) in [5.74, 6) is -3.72. The molecule has 0 spiro atoms. The molecule has 1 N–H and O–H groups in total. The number of carbonyl (C=O) groups excluding carboxylic acids is 3. The summed E-state index contributed by atoms with van der Waals surface area (Å²) < 4.78 is 117. The van der Waals surface area contributed by atoms with E-state index in [-0.39, 0.29) is 41.0 Å². The number of piperidine rings is 2. The highest BCUT2D eigenvalue weighted by Crippen LogP contribution is 2.52. The number of benzene rings is 2. The Labute approximate surface area is 318 Å². The SMILES string of the molecule is CC(C)(C)OC(=O)N[C@H]1CS(=O)(=O)c2cc(F)c(-c3noc(C45CC(CN(C(=O)OC(C)(C)C)C4)C5)n3)cc2N(Cc2ccc(OC(F)(F)C(F)F)cc2)C1=O. The second-order valence-corrected chi connectivity index (χ2v) is 18.2. The monoisotopic (exact) mass is 813 g/mol. The van der Waals surface area contributed by atoms with Crippen LogP contribution in [-0.4, -0.2) is 90.2 Å². The molecule has 3 aliphatic heterocycles. The van der Waals surface area contributed by atoms with Gasteiger partial charge in [-0.15, -0.1) is 0 Å². The largest absolute Gasteiger partial charge is 0.461 e. The molecule has 7 rings (SSSR count). The fourth-order valence-corrected chi connectivity index (χ4v) is 8.54. The van der Waals surface area contributed by atoms with E-state index < -0.39 is 91.9 Å². The maximum absolute atomic E-state index is 16.0. The first-order valence-electron chi connectivity index (χ1n) is 17.5. The van der Waals surface area contributed by atoms with Crippen LogP contribution in [0.15, 0.2) is 45.8 Å². The van der Waals surface area contributed by atoms with Gasteiger partial charge in [0.25, 0.3) is 5.91 Å². The number of sulfone groups is 1. The summed E-state index contributed by atoms with van der Waals surface area (Å²) in [6, 6.07) is 4.22. The molecule has 3 aromatic rings. The molecule has 0 radical (unpaired) electrons. The molecule has 1 saturated carbocycles. The number of alkyl halides is 4. The molecule has 3 amide bonds. The molecule has 3 fully saturated rings. The second-order valence-electron chi connectivity index (χ2n) is 16.2. The van der Waals surface area contributed by atoms with Gasteiger partial charge in [-0.1, -0.05) is 17.3 Å². The van der Waals surface area contributed by atoms with E-state index in [2.05, 4.69) is 20.2 Å². The van der Waals surface area contributed by atoms with Crippen LogP contribution in [0.2, 0.25) is 0 Å². The van der Waals surface area contributed by atoms with E-state index in [9.17, 15) is 40.4 Å². The molecule has 304 valence electrons. The van der Waals surface area contributed by atoms with Crippen molar-refractivity contribution in [2.24, 2.45) is 5.92 Å². The van der Waals surface area contributed by atoms with Crippen LogP contribution < -0.4 is 15.0 Å². The Hall–Kier alpha value is -5.01. The molecule has 14 nitrogen and oxygen atoms in total. The van der Waals surface area contributed by atoms with Gasteiger partial charge in [-0.05, 0) is 90.1 Å². The van der Waals surface area contributed by atoms with E-state index in [0.717, 1.165) is 23.1 Å². The number of hydrogen-bond acceptors (Lipinski definition) is 11. The number of carbonyl (C=O) groups is 3. The minimum absolute atomic E-state index is 0.119. The molecule has 4 aliphatic rings. The van der Waals surface area contributed by atoms with Gasteiger partial charge in [0.1, 0.15) is 28.8 Å².